The van der Waals surface area contributed by atoms with Crippen molar-refractivity contribution in [2.75, 3.05) is 108 Å². The summed E-state index contributed by atoms with van der Waals surface area (Å²) in [6, 6.07) is 30.8. The first kappa shape index (κ1) is 201. The number of carbonyl (C=O) groups is 11. The summed E-state index contributed by atoms with van der Waals surface area (Å²) < 4.78 is 36.1. The van der Waals surface area contributed by atoms with Gasteiger partial charge in [-0.1, -0.05) is 131 Å². The van der Waals surface area contributed by atoms with Gasteiger partial charge in [0.15, 0.2) is 17.4 Å². The van der Waals surface area contributed by atoms with Crippen LogP contribution in [0, 0.1) is 0 Å². The van der Waals surface area contributed by atoms with E-state index in [2.05, 4.69) is 113 Å². The number of rotatable bonds is 27. The van der Waals surface area contributed by atoms with Crippen LogP contribution in [0.1, 0.15) is 191 Å². The summed E-state index contributed by atoms with van der Waals surface area (Å²) in [5, 5.41) is 86.7. The van der Waals surface area contributed by atoms with Crippen molar-refractivity contribution in [1.29, 1.82) is 0 Å². The van der Waals surface area contributed by atoms with Crippen molar-refractivity contribution >= 4 is 122 Å². The molecule has 726 valence electrons. The number of carboxylic acids is 1. The quantitative estimate of drug-likeness (QED) is 0.00353. The molecule has 3 aromatic rings. The Kier molecular flexibility index (Phi) is 267. The molecule has 0 aliphatic rings. The van der Waals surface area contributed by atoms with Gasteiger partial charge in [-0.15, -0.1) is 12.2 Å². The van der Waals surface area contributed by atoms with E-state index in [1.54, 1.807) is 166 Å². The van der Waals surface area contributed by atoms with Gasteiger partial charge in [0.25, 0.3) is 12.9 Å². The molecule has 0 radical (unpaired) electrons. The van der Waals surface area contributed by atoms with Gasteiger partial charge in [-0.25, -0.2) is 19.2 Å². The van der Waals surface area contributed by atoms with Crippen LogP contribution in [0.4, 0.5) is 0 Å². The van der Waals surface area contributed by atoms with Crippen LogP contribution in [0.15, 0.2) is 187 Å². The second-order valence-electron chi connectivity index (χ2n) is 21.4. The molecular weight excluding hydrogens is 1930 g/mol. The number of carboxylic acid groups (broad SMARTS) is 1. The van der Waals surface area contributed by atoms with Crippen LogP contribution in [0.2, 0.25) is 0 Å². The second-order valence-corrected chi connectivity index (χ2v) is 30.3. The number of esters is 5. The number of aldehydes is 3. The Labute approximate surface area is 1050 Å². The largest absolute Gasteiger partial charge is 1.00 e. The number of hydrogen-bond acceptors (Lipinski definition) is 31. The van der Waals surface area contributed by atoms with E-state index < -0.39 is 28.8 Å². The molecule has 0 bridgehead atoms. The average molecular weight is 2090 g/mol. The van der Waals surface area contributed by atoms with Gasteiger partial charge >= 0.3 is 474 Å². The van der Waals surface area contributed by atoms with Gasteiger partial charge in [0.1, 0.15) is 32.1 Å². The van der Waals surface area contributed by atoms with Crippen molar-refractivity contribution < 1.29 is 461 Å². The molecule has 0 heterocycles. The third-order valence-electron chi connectivity index (χ3n) is 11.1. The van der Waals surface area contributed by atoms with Crippen LogP contribution in [-0.4, -0.2) is 229 Å². The number of aliphatic hydroxyl groups excluding tert-OH is 6. The molecule has 0 atom stereocenters. The fourth-order valence-electron chi connectivity index (χ4n) is 5.08. The number of ether oxygens (including phenoxy) is 8. The van der Waals surface area contributed by atoms with E-state index in [1.807, 2.05) is 75.4 Å². The number of carbonyl (C=O) groups excluding carboxylic acids is 11. The summed E-state index contributed by atoms with van der Waals surface area (Å²) in [5.41, 5.74) is 1.01. The predicted molar refractivity (Wildman–Crippen MR) is 500 cm³/mol. The fourth-order valence-corrected chi connectivity index (χ4v) is 11.0. The SMILES string of the molecule is C.C.C.C/C=C(\C)C(=O)OC(=O)/C(C)=C/C.C/C=C(\C)C(=O)[O-].C/C=C/CO.C/C=C/CO.C/C=C/OC(=O)/C(C)=C/C.C=CCOC.CC(C)(C)[O-].CC=O.CCC=O.CCCCO.CCOC(=O)CC.CCOC(=O)COC.CO.COCC=O.COCCO.O=CO[O-].O=CO[O-].OCP(Br)(c1ccccc1)(c1ccccc1)c1ccccc1.[AlH3].[H-].[H-].[H-].[K+].[K+].[K+].[K+].[K+].[Li+].[Na+]. The number of unbranched alkanes of at least 4 members (excludes halogenated alkanes) is 1. The van der Waals surface area contributed by atoms with E-state index in [9.17, 15) is 53.7 Å². The van der Waals surface area contributed by atoms with Gasteiger partial charge in [-0.05, 0) is 109 Å². The van der Waals surface area contributed by atoms with Crippen LogP contribution < -0.4 is 342 Å². The standard InChI is InChI=1S/C19H18BrOP.C10H14O3.C8H12O2.C5H10O3.C5H10O2.C5H8O2.C4H9O.C4H8O.C4H10O.2C4H8O.C3H8O2.C3H6O2.C3H6O.C2H4O.2CH2O3.CH4O.3CH4.Al.5K.Li.Na.6H/c20-22(16-21,17-10-4-1-5-11-17,18-12-6-2-7-13-18)19-14-8-3-9-15-19;1-5-7(3)9(11)13-10(12)8(4)6-2;1-4-6-10-8(9)7(3)5-2;1-3-8-5(6)4-7-2;1-3-5(6)7-4-2;1-3-4(2)5(6)7;1-4(2,3)5;1-3-4-5-2;3*1-2-3-4-5;2*1-5-3-2-4;1-2-3-4;1-2-3;2*2-1-4-3;1-2;;;;;;;;;;;;;;;;;/h1-15,21H,16H2;5-6H,1-4H3;4-6H,1-3H3;3-4H2,1-2H3;3-4H2,1-2H3;3H,1-2H3,(H,6,7);1-3H3;3H,1,4H2,2H3;5H,2-4H2,1H3;2*2-3,5H,4H2,1H3;4H,2-3H2,1H3;2H,3H2,1H3;3H,2H2,1H3;2H,1H3;2*1,3H;2H,1H3;3*1H4;;;;;;;;;;;;;;/q;;;;;;-1;;;;;;;;;;;;;;;;7*+1;;;;3*-1/p-3/b;7-5+,8-6+;6-4+,7-5+;;;4-3+;;;;2*3-2+;;;;;;;;;;;;;;;;;;;;;;;;. The molecule has 0 aromatic heterocycles. The molecule has 130 heavy (non-hydrogen) atoms. The summed E-state index contributed by atoms with van der Waals surface area (Å²) >= 11 is 4.10. The molecule has 0 unspecified atom stereocenters. The Morgan fingerprint density at radius 3 is 0.938 bits per heavy atom. The number of aliphatic carboxylic acids is 1. The molecule has 3 aromatic carbocycles. The summed E-state index contributed by atoms with van der Waals surface area (Å²) in [4.78, 5) is 113. The topological polar surface area (TPSA) is 494 Å². The smallest absolute Gasteiger partial charge is 1.00 e. The Balaban J connectivity index is -0.0000000328. The fraction of sp³-hybridized carbons (Fsp3) is 0.494. The molecule has 0 aliphatic carbocycles. The molecular formula is C89H162AlBrK5LiNaO31P. The summed E-state index contributed by atoms with van der Waals surface area (Å²) in [6.45, 7) is 40.5. The normalized spacial score (nSPS) is 9.15. The zero-order chi connectivity index (χ0) is 96.1. The number of benzene rings is 3. The number of halogens is 1. The van der Waals surface area contributed by atoms with Crippen molar-refractivity contribution in [3.8, 4) is 0 Å². The minimum absolute atomic E-state index is 0. The summed E-state index contributed by atoms with van der Waals surface area (Å²) in [7, 11) is 7.13. The molecule has 0 aliphatic heterocycles. The Hall–Kier alpha value is 1.25. The molecule has 41 heteroatoms. The van der Waals surface area contributed by atoms with E-state index in [-0.39, 0.29) is 425 Å². The van der Waals surface area contributed by atoms with Crippen LogP contribution in [0.3, 0.4) is 0 Å². The zero-order valence-corrected chi connectivity index (χ0v) is 102. The first-order valence-electron chi connectivity index (χ1n) is 36.6. The van der Waals surface area contributed by atoms with Gasteiger partial charge in [0.2, 0.25) is 0 Å². The van der Waals surface area contributed by atoms with Crippen molar-refractivity contribution in [3.63, 3.8) is 0 Å². The molecule has 0 amide bonds. The number of aliphatic hydroxyl groups is 6. The van der Waals surface area contributed by atoms with E-state index in [4.69, 9.17) is 50.4 Å². The Bertz CT molecular complexity index is 2850. The number of methoxy groups -OCH3 is 4. The summed E-state index contributed by atoms with van der Waals surface area (Å²) in [6.07, 6.45) is 23.7. The third kappa shape index (κ3) is 172. The molecule has 0 saturated carbocycles. The van der Waals surface area contributed by atoms with Crippen molar-refractivity contribution in [2.24, 2.45) is 0 Å². The summed E-state index contributed by atoms with van der Waals surface area (Å²) in [5.74, 6) is -3.00. The Morgan fingerprint density at radius 2 is 0.815 bits per heavy atom. The minimum Gasteiger partial charge on any atom is -1.00 e. The molecule has 6 N–H and O–H groups in total. The molecule has 0 saturated heterocycles. The molecule has 31 nitrogen and oxygen atoms in total. The third-order valence-corrected chi connectivity index (χ3v) is 20.1. The first-order valence-corrected chi connectivity index (χ1v) is 41.1. The van der Waals surface area contributed by atoms with E-state index in [1.165, 1.54) is 40.4 Å². The predicted octanol–water partition coefficient (Wildman–Crippen LogP) is -11.7. The minimum atomic E-state index is -3.03. The van der Waals surface area contributed by atoms with Gasteiger partial charge in [0.05, 0.1) is 58.5 Å². The maximum absolute atomic E-state index is 11.1. The van der Waals surface area contributed by atoms with Gasteiger partial charge in [-0.3, -0.25) is 14.4 Å². The molecule has 0 spiro atoms. The van der Waals surface area contributed by atoms with Gasteiger partial charge in [-0.2, -0.15) is 0 Å². The van der Waals surface area contributed by atoms with Crippen molar-refractivity contribution in [1.82, 2.24) is 0 Å². The van der Waals surface area contributed by atoms with Crippen molar-refractivity contribution in [3.05, 3.63) is 187 Å². The Morgan fingerprint density at radius 1 is 0.515 bits per heavy atom. The average Bonchev–Trinajstić information content (AvgIpc) is 0.711. The zero-order valence-electron chi connectivity index (χ0n) is 84.9. The maximum Gasteiger partial charge on any atom is 1.00 e. The van der Waals surface area contributed by atoms with E-state index >= 15 is 0 Å². The maximum atomic E-state index is 11.1. The van der Waals surface area contributed by atoms with Crippen LogP contribution in [0.5, 0.6) is 0 Å². The van der Waals surface area contributed by atoms with Gasteiger partial charge < -0.3 is 117 Å². The van der Waals surface area contributed by atoms with E-state index in [0.717, 1.165) is 48.4 Å². The van der Waals surface area contributed by atoms with Gasteiger partial charge in [0, 0.05) is 71.7 Å². The number of hydrogen-bond donors (Lipinski definition) is 6. The van der Waals surface area contributed by atoms with Crippen LogP contribution in [0.25, 0.3) is 0 Å². The van der Waals surface area contributed by atoms with Crippen LogP contribution >= 0.6 is 20.8 Å². The van der Waals surface area contributed by atoms with Crippen LogP contribution in [-0.2, 0) is 100 Å². The molecule has 3 rings (SSSR count). The second kappa shape index (κ2) is 173. The molecule has 0 fully saturated rings. The number of allylic oxidation sites excluding steroid dienone is 7. The van der Waals surface area contributed by atoms with Crippen molar-refractivity contribution in [2.45, 2.75) is 192 Å². The first-order chi connectivity index (χ1) is 56.4. The monoisotopic (exact) mass is 2090 g/mol. The van der Waals surface area contributed by atoms with E-state index in [0.29, 0.717) is 68.9 Å².